The molecule has 0 bridgehead atoms. The Balaban J connectivity index is 1.91. The number of carbonyl (C=O) groups excluding carboxylic acids is 2. The van der Waals surface area contributed by atoms with Gasteiger partial charge in [-0.2, -0.15) is 0 Å². The molecule has 170 valence electrons. The highest BCUT2D eigenvalue weighted by molar-refractivity contribution is 6.15. The number of carbonyl (C=O) groups is 2. The maximum atomic E-state index is 13.1. The van der Waals surface area contributed by atoms with E-state index in [0.29, 0.717) is 24.5 Å². The lowest BCUT2D eigenvalue weighted by Gasteiger charge is -2.28. The standard InChI is InChI=1S/C25H30N2O5/c1-4-16-31-19-12-10-18(11-13-19)22-21(23(28)20-9-7-17-32-20)24(29)25(30)27(22)15-8-14-26(5-2)6-3/h4,7,9-13,17,22,29H,1,5-6,8,14-16H2,2-3H3/t22-/m1/s1. The number of rotatable bonds is 12. The molecule has 0 unspecified atom stereocenters. The Morgan fingerprint density at radius 3 is 2.56 bits per heavy atom. The van der Waals surface area contributed by atoms with Crippen LogP contribution < -0.4 is 4.74 Å². The van der Waals surface area contributed by atoms with E-state index >= 15 is 0 Å². The molecule has 1 atom stereocenters. The SMILES string of the molecule is C=CCOc1ccc([C@@H]2C(C(=O)c3ccco3)=C(O)C(=O)N2CCCN(CC)CC)cc1. The first kappa shape index (κ1) is 23.3. The van der Waals surface area contributed by atoms with Crippen LogP contribution in [-0.2, 0) is 4.79 Å². The van der Waals surface area contributed by atoms with Crippen molar-refractivity contribution in [1.82, 2.24) is 9.80 Å². The van der Waals surface area contributed by atoms with Crippen molar-refractivity contribution in [1.29, 1.82) is 0 Å². The zero-order valence-electron chi connectivity index (χ0n) is 18.6. The topological polar surface area (TPSA) is 83.2 Å². The molecule has 32 heavy (non-hydrogen) atoms. The number of furan rings is 1. The monoisotopic (exact) mass is 438 g/mol. The maximum Gasteiger partial charge on any atom is 0.290 e. The lowest BCUT2D eigenvalue weighted by atomic mass is 9.95. The minimum Gasteiger partial charge on any atom is -0.503 e. The van der Waals surface area contributed by atoms with E-state index in [1.165, 1.54) is 12.3 Å². The first-order chi connectivity index (χ1) is 15.5. The molecule has 3 rings (SSSR count). The number of hydrogen-bond acceptors (Lipinski definition) is 6. The normalized spacial score (nSPS) is 16.2. The highest BCUT2D eigenvalue weighted by Gasteiger charge is 2.44. The molecule has 0 aliphatic carbocycles. The molecule has 1 aliphatic heterocycles. The van der Waals surface area contributed by atoms with Gasteiger partial charge in [-0.25, -0.2) is 0 Å². The van der Waals surface area contributed by atoms with E-state index in [-0.39, 0.29) is 11.3 Å². The zero-order chi connectivity index (χ0) is 23.1. The number of Topliss-reactive ketones (excluding diaryl/α,β-unsaturated/α-hetero) is 1. The number of ketones is 1. The molecule has 7 heteroatoms. The Hall–Kier alpha value is -3.32. The third-order valence-electron chi connectivity index (χ3n) is 5.62. The zero-order valence-corrected chi connectivity index (χ0v) is 18.6. The maximum absolute atomic E-state index is 13.1. The van der Waals surface area contributed by atoms with Crippen LogP contribution in [0.3, 0.4) is 0 Å². The third kappa shape index (κ3) is 4.94. The number of aliphatic hydroxyl groups excluding tert-OH is 1. The Morgan fingerprint density at radius 2 is 1.97 bits per heavy atom. The molecule has 1 aromatic heterocycles. The molecular weight excluding hydrogens is 408 g/mol. The second-order valence-corrected chi connectivity index (χ2v) is 7.52. The molecule has 1 aliphatic rings. The predicted molar refractivity (Wildman–Crippen MR) is 122 cm³/mol. The quantitative estimate of drug-likeness (QED) is 0.396. The lowest BCUT2D eigenvalue weighted by Crippen LogP contribution is -2.34. The summed E-state index contributed by atoms with van der Waals surface area (Å²) in [7, 11) is 0. The summed E-state index contributed by atoms with van der Waals surface area (Å²) in [5.41, 5.74) is 0.749. The molecule has 0 spiro atoms. The minimum atomic E-state index is -0.703. The van der Waals surface area contributed by atoms with Crippen LogP contribution in [-0.4, -0.2) is 59.4 Å². The molecule has 0 saturated heterocycles. The van der Waals surface area contributed by atoms with Crippen molar-refractivity contribution in [3.05, 3.63) is 78.0 Å². The summed E-state index contributed by atoms with van der Waals surface area (Å²) in [5, 5.41) is 10.7. The molecule has 1 N–H and O–H groups in total. The summed E-state index contributed by atoms with van der Waals surface area (Å²) in [6.45, 7) is 11.3. The van der Waals surface area contributed by atoms with Gasteiger partial charge in [-0.05, 0) is 55.9 Å². The Morgan fingerprint density at radius 1 is 1.25 bits per heavy atom. The predicted octanol–water partition coefficient (Wildman–Crippen LogP) is 4.15. The van der Waals surface area contributed by atoms with Crippen molar-refractivity contribution in [2.45, 2.75) is 26.3 Å². The van der Waals surface area contributed by atoms with Crippen LogP contribution in [0.15, 0.2) is 71.1 Å². The van der Waals surface area contributed by atoms with E-state index in [0.717, 1.165) is 26.1 Å². The molecular formula is C25H30N2O5. The first-order valence-corrected chi connectivity index (χ1v) is 10.9. The van der Waals surface area contributed by atoms with Gasteiger partial charge in [0.1, 0.15) is 12.4 Å². The molecule has 7 nitrogen and oxygen atoms in total. The summed E-state index contributed by atoms with van der Waals surface area (Å²) in [4.78, 5) is 30.0. The van der Waals surface area contributed by atoms with Crippen molar-refractivity contribution in [2.24, 2.45) is 0 Å². The third-order valence-corrected chi connectivity index (χ3v) is 5.62. The second kappa shape index (κ2) is 10.8. The largest absolute Gasteiger partial charge is 0.503 e. The van der Waals surface area contributed by atoms with Crippen molar-refractivity contribution >= 4 is 11.7 Å². The van der Waals surface area contributed by atoms with E-state index in [2.05, 4.69) is 25.3 Å². The fraction of sp³-hybridized carbons (Fsp3) is 0.360. The number of nitrogens with zero attached hydrogens (tertiary/aromatic N) is 2. The van der Waals surface area contributed by atoms with Crippen molar-refractivity contribution < 1.29 is 23.8 Å². The van der Waals surface area contributed by atoms with Gasteiger partial charge in [0.15, 0.2) is 11.5 Å². The van der Waals surface area contributed by atoms with Gasteiger partial charge in [-0.3, -0.25) is 9.59 Å². The lowest BCUT2D eigenvalue weighted by molar-refractivity contribution is -0.129. The highest BCUT2D eigenvalue weighted by atomic mass is 16.5. The summed E-state index contributed by atoms with van der Waals surface area (Å²) in [5.74, 6) is -0.829. The van der Waals surface area contributed by atoms with Crippen molar-refractivity contribution in [3.63, 3.8) is 0 Å². The van der Waals surface area contributed by atoms with Crippen molar-refractivity contribution in [3.8, 4) is 5.75 Å². The second-order valence-electron chi connectivity index (χ2n) is 7.52. The number of aliphatic hydroxyl groups is 1. The number of ether oxygens (including phenoxy) is 1. The number of benzene rings is 1. The fourth-order valence-electron chi connectivity index (χ4n) is 3.91. The van der Waals surface area contributed by atoms with Gasteiger partial charge >= 0.3 is 0 Å². The summed E-state index contributed by atoms with van der Waals surface area (Å²) < 4.78 is 10.8. The Kier molecular flexibility index (Phi) is 7.89. The van der Waals surface area contributed by atoms with Crippen LogP contribution in [0.1, 0.15) is 42.4 Å². The molecule has 2 heterocycles. The van der Waals surface area contributed by atoms with Gasteiger partial charge in [0, 0.05) is 6.54 Å². The fourth-order valence-corrected chi connectivity index (χ4v) is 3.91. The molecule has 0 saturated carbocycles. The average Bonchev–Trinajstić information content (AvgIpc) is 3.43. The van der Waals surface area contributed by atoms with E-state index in [1.54, 1.807) is 29.2 Å². The van der Waals surface area contributed by atoms with Crippen LogP contribution in [0, 0.1) is 0 Å². The molecule has 1 amide bonds. The minimum absolute atomic E-state index is 0.0348. The summed E-state index contributed by atoms with van der Waals surface area (Å²) in [6.07, 6.45) is 3.77. The van der Waals surface area contributed by atoms with E-state index < -0.39 is 23.5 Å². The molecule has 1 aromatic carbocycles. The van der Waals surface area contributed by atoms with Crippen molar-refractivity contribution in [2.75, 3.05) is 32.8 Å². The Bertz CT molecular complexity index is 959. The van der Waals surface area contributed by atoms with Gasteiger partial charge < -0.3 is 24.1 Å². The Labute approximate surface area is 188 Å². The molecule has 2 aromatic rings. The number of hydrogen-bond donors (Lipinski definition) is 1. The van der Waals surface area contributed by atoms with Crippen LogP contribution in [0.25, 0.3) is 0 Å². The van der Waals surface area contributed by atoms with Gasteiger partial charge in [-0.1, -0.05) is 38.6 Å². The van der Waals surface area contributed by atoms with Gasteiger partial charge in [0.2, 0.25) is 5.78 Å². The highest BCUT2D eigenvalue weighted by Crippen LogP contribution is 2.39. The summed E-state index contributed by atoms with van der Waals surface area (Å²) in [6, 6.07) is 9.60. The van der Waals surface area contributed by atoms with Crippen LogP contribution in [0.2, 0.25) is 0 Å². The van der Waals surface area contributed by atoms with E-state index in [1.807, 2.05) is 12.1 Å². The van der Waals surface area contributed by atoms with Crippen LogP contribution >= 0.6 is 0 Å². The molecule has 0 fully saturated rings. The van der Waals surface area contributed by atoms with Gasteiger partial charge in [-0.15, -0.1) is 0 Å². The van der Waals surface area contributed by atoms with Crippen LogP contribution in [0.4, 0.5) is 0 Å². The van der Waals surface area contributed by atoms with Gasteiger partial charge in [0.05, 0.1) is 17.9 Å². The first-order valence-electron chi connectivity index (χ1n) is 10.9. The smallest absolute Gasteiger partial charge is 0.290 e. The molecule has 0 radical (unpaired) electrons. The number of amides is 1. The van der Waals surface area contributed by atoms with E-state index in [4.69, 9.17) is 9.15 Å². The average molecular weight is 439 g/mol. The summed E-state index contributed by atoms with van der Waals surface area (Å²) >= 11 is 0. The van der Waals surface area contributed by atoms with Gasteiger partial charge in [0.25, 0.3) is 5.91 Å². The van der Waals surface area contributed by atoms with Crippen LogP contribution in [0.5, 0.6) is 5.75 Å². The van der Waals surface area contributed by atoms with E-state index in [9.17, 15) is 14.7 Å².